The molecule has 0 aliphatic carbocycles. The van der Waals surface area contributed by atoms with Crippen molar-refractivity contribution >= 4 is 142 Å². The topological polar surface area (TPSA) is 1060 Å². The summed E-state index contributed by atoms with van der Waals surface area (Å²) < 4.78 is 0. The molecule has 0 unspecified atom stereocenters. The Kier molecular flexibility index (Phi) is 62.6. The number of aliphatic hydroxyl groups is 2. The molecule has 0 fully saturated rings. The van der Waals surface area contributed by atoms with E-state index in [1.165, 1.54) is 20.8 Å². The minimum atomic E-state index is -2.00. The van der Waals surface area contributed by atoms with Crippen molar-refractivity contribution in [2.24, 2.45) is 74.9 Å². The van der Waals surface area contributed by atoms with Gasteiger partial charge in [-0.3, -0.25) is 114 Å². The summed E-state index contributed by atoms with van der Waals surface area (Å²) in [5.74, 6) is -24.8. The number of aliphatic carboxylic acids is 2. The van der Waals surface area contributed by atoms with Crippen LogP contribution < -0.4 is 169 Å². The Morgan fingerprint density at radius 3 is 0.741 bits per heavy atom. The largest absolute Gasteiger partial charge is 0.481 e. The molecule has 0 heterocycles. The molecule has 16 amide bonds. The minimum Gasteiger partial charge on any atom is -0.481 e. The number of nitrogens with two attached hydrogens (primary N) is 11. The smallest absolute Gasteiger partial charge is 0.326 e. The Morgan fingerprint density at radius 2 is 0.482 bits per heavy atom. The van der Waals surface area contributed by atoms with Crippen molar-refractivity contribution in [2.45, 2.75) is 279 Å². The fraction of sp³-hybridized carbons (Fsp3) is 0.700. The monoisotopic (exact) mass is 1980 g/mol. The van der Waals surface area contributed by atoms with Crippen LogP contribution in [0.5, 0.6) is 0 Å². The van der Waals surface area contributed by atoms with Crippen molar-refractivity contribution in [3.05, 3.63) is 0 Å². The van der Waals surface area contributed by atoms with Crippen molar-refractivity contribution < 1.29 is 107 Å². The third-order valence-corrected chi connectivity index (χ3v) is 21.2. The zero-order valence-electron chi connectivity index (χ0n) is 79.1. The van der Waals surface area contributed by atoms with Crippen molar-refractivity contribution in [1.29, 1.82) is 32.5 Å². The van der Waals surface area contributed by atoms with E-state index >= 15 is 0 Å². The summed E-state index contributed by atoms with van der Waals surface area (Å²) in [6, 6.07) is -24.9. The number of primary amides is 2. The van der Waals surface area contributed by atoms with Crippen molar-refractivity contribution in [2.75, 3.05) is 65.6 Å². The number of guanidine groups is 6. The lowest BCUT2D eigenvalue weighted by Crippen LogP contribution is -2.62. The molecule has 0 aliphatic heterocycles. The first-order valence-electron chi connectivity index (χ1n) is 45.6. The molecule has 0 aromatic heterocycles. The van der Waals surface area contributed by atoms with Crippen LogP contribution in [0.1, 0.15) is 188 Å². The third-order valence-electron chi connectivity index (χ3n) is 21.2. The standard InChI is InChI=1S/C80H151N37O22/c1-5-41(4)59(73(137)113-52(74(138)139)25-28-56(85)121)117-69(133)51(26-29-57(122)123)112-70(134)53(38-118)115-72(136)58(40(2)3)116-71(135)54(39-119)114-67(131)49(23-15-37-103-80(96)97)109-64(128)46(20-12-34-100-77(90)91)107-65(129)47(21-13-35-101-78(92)93)110-68(132)50(24-27-55(84)120)111-66(130)48(22-14-36-102-79(94)95)108-63(127)45(19-11-33-99-76(88)89)106-62(126)44(18-7-9-31-82)105-61(125)43(17-6-8-30-81)104-60(124)42(83)16-10-32-98-75(86)87/h40-54,58-59,118-119H,5-39,81-83H2,1-4H3,(H2,84,120)(H2,85,121)(H,104,124)(H,105,125)(H,106,126)(H,107,129)(H,108,127)(H,109,128)(H,110,132)(H,111,130)(H,112,134)(H,113,137)(H,114,131)(H,115,136)(H,116,135)(H,117,133)(H,122,123)(H,138,139)(H4,86,87,98)(H4,88,89,99)(H4,90,91,100)(H4,92,93,101)(H4,94,95,102)(H4,96,97,103)/t41-,42-,43-,44-,45-,46-,47-,48-,49-,50-,51-,52-,53-,54-,58-,59-/m0/s1. The molecule has 59 heteroatoms. The minimum absolute atomic E-state index is 0.00365. The van der Waals surface area contributed by atoms with E-state index in [1.807, 2.05) is 0 Å². The highest BCUT2D eigenvalue weighted by Crippen LogP contribution is 2.16. The van der Waals surface area contributed by atoms with E-state index in [-0.39, 0.29) is 155 Å². The van der Waals surface area contributed by atoms with E-state index in [0.29, 0.717) is 25.7 Å². The van der Waals surface area contributed by atoms with E-state index < -0.39 is 290 Å². The summed E-state index contributed by atoms with van der Waals surface area (Å²) in [5.41, 5.74) is 61.7. The molecule has 0 saturated heterocycles. The first-order chi connectivity index (χ1) is 65.5. The summed E-state index contributed by atoms with van der Waals surface area (Å²) in [7, 11) is 0. The van der Waals surface area contributed by atoms with Gasteiger partial charge in [-0.15, -0.1) is 0 Å². The molecule has 16 atom stereocenters. The van der Waals surface area contributed by atoms with Gasteiger partial charge >= 0.3 is 11.9 Å². The molecule has 0 aromatic rings. The molecule has 59 nitrogen and oxygen atoms in total. The number of hydrogen-bond acceptors (Lipinski definition) is 29. The molecular weight excluding hydrogens is 1830 g/mol. The molecule has 0 aliphatic rings. The molecule has 0 saturated carbocycles. The van der Waals surface area contributed by atoms with Gasteiger partial charge in [0.1, 0.15) is 84.6 Å². The van der Waals surface area contributed by atoms with Crippen LogP contribution in [0.2, 0.25) is 0 Å². The number of amides is 16. The average Bonchev–Trinajstić information content (AvgIpc) is 0.851. The van der Waals surface area contributed by atoms with Crippen LogP contribution in [0, 0.1) is 44.3 Å². The van der Waals surface area contributed by atoms with Gasteiger partial charge in [-0.1, -0.05) is 34.1 Å². The van der Waals surface area contributed by atoms with Crippen LogP contribution in [-0.2, 0) is 86.3 Å². The third kappa shape index (κ3) is 55.0. The van der Waals surface area contributed by atoms with Crippen molar-refractivity contribution in [3.63, 3.8) is 0 Å². The molecule has 0 radical (unpaired) electrons. The summed E-state index contributed by atoms with van der Waals surface area (Å²) in [6.07, 6.45) is -3.68. The molecule has 788 valence electrons. The van der Waals surface area contributed by atoms with Gasteiger partial charge in [-0.05, 0) is 160 Å². The number of carboxylic acids is 2. The number of rotatable bonds is 75. The zero-order valence-corrected chi connectivity index (χ0v) is 79.1. The summed E-state index contributed by atoms with van der Waals surface area (Å²) >= 11 is 0. The quantitative estimate of drug-likeness (QED) is 0.0153. The highest BCUT2D eigenvalue weighted by molar-refractivity contribution is 6.01. The van der Waals surface area contributed by atoms with Gasteiger partial charge in [0.05, 0.1) is 19.3 Å². The van der Waals surface area contributed by atoms with E-state index in [9.17, 15) is 107 Å². The Bertz CT molecular complexity index is 4080. The molecule has 139 heavy (non-hydrogen) atoms. The number of carbonyl (C=O) groups excluding carboxylic acids is 16. The Labute approximate surface area is 804 Å². The van der Waals surface area contributed by atoms with Crippen LogP contribution in [0.25, 0.3) is 0 Å². The molecule has 0 aromatic carbocycles. The van der Waals surface area contributed by atoms with Gasteiger partial charge in [0.15, 0.2) is 35.8 Å². The number of nitrogens with one attached hydrogen (secondary N) is 26. The van der Waals surface area contributed by atoms with E-state index in [0.717, 1.165) is 0 Å². The number of carbonyl (C=O) groups is 18. The number of hydrogen-bond donors (Lipinski definition) is 41. The molecule has 52 N–H and O–H groups in total. The molecule has 0 bridgehead atoms. The Balaban J connectivity index is 7.85. The number of unbranched alkanes of at least 4 members (excludes halogenated alkanes) is 2. The second kappa shape index (κ2) is 69.6. The fourth-order valence-electron chi connectivity index (χ4n) is 13.2. The highest BCUT2D eigenvalue weighted by atomic mass is 16.4. The lowest BCUT2D eigenvalue weighted by Gasteiger charge is -2.29. The van der Waals surface area contributed by atoms with Crippen LogP contribution >= 0.6 is 0 Å². The zero-order chi connectivity index (χ0) is 106. The maximum absolute atomic E-state index is 15.0. The van der Waals surface area contributed by atoms with Gasteiger partial charge < -0.3 is 190 Å². The second-order valence-electron chi connectivity index (χ2n) is 33.1. The van der Waals surface area contributed by atoms with Gasteiger partial charge in [-0.25, -0.2) is 4.79 Å². The number of aliphatic hydroxyl groups excluding tert-OH is 2. The average molecular weight is 1980 g/mol. The van der Waals surface area contributed by atoms with Crippen LogP contribution in [0.15, 0.2) is 0 Å². The summed E-state index contributed by atoms with van der Waals surface area (Å²) in [5, 5.41) is 136. The lowest BCUT2D eigenvalue weighted by atomic mass is 9.96. The van der Waals surface area contributed by atoms with E-state index in [1.54, 1.807) is 6.92 Å². The first kappa shape index (κ1) is 125. The second-order valence-corrected chi connectivity index (χ2v) is 33.1. The molecule has 0 rings (SSSR count). The predicted octanol–water partition coefficient (Wildman–Crippen LogP) is -13.9. The summed E-state index contributed by atoms with van der Waals surface area (Å²) in [4.78, 5) is 249. The first-order valence-corrected chi connectivity index (χ1v) is 45.6. The maximum Gasteiger partial charge on any atom is 0.326 e. The maximum atomic E-state index is 15.0. The number of carboxylic acid groups (broad SMARTS) is 2. The van der Waals surface area contributed by atoms with Crippen LogP contribution in [0.4, 0.5) is 0 Å². The Hall–Kier alpha value is -14.1. The Morgan fingerprint density at radius 1 is 0.266 bits per heavy atom. The van der Waals surface area contributed by atoms with Crippen LogP contribution in [0.3, 0.4) is 0 Å². The normalized spacial score (nSPS) is 14.4. The van der Waals surface area contributed by atoms with Crippen LogP contribution in [-0.4, -0.2) is 319 Å². The van der Waals surface area contributed by atoms with Crippen molar-refractivity contribution in [3.8, 4) is 0 Å². The highest BCUT2D eigenvalue weighted by Gasteiger charge is 2.40. The van der Waals surface area contributed by atoms with Gasteiger partial charge in [0.2, 0.25) is 94.5 Å². The molecule has 0 spiro atoms. The SMILES string of the molecule is CC[C@H](C)[C@H](NC(=O)[C@H](CCC(=O)O)NC(=O)[C@H](CO)NC(=O)[C@@H](NC(=O)[C@H](CO)NC(=O)[C@H](CCCNC(=N)N)NC(=O)[C@H](CCCNC(=N)N)NC(=O)[C@H](CCCNC(=N)N)NC(=O)[C@H](CCC(N)=O)NC(=O)[C@H](CCCNC(=N)N)NC(=O)[C@H](CCCNC(=N)N)NC(=O)[C@H](CCCCN)NC(=O)[C@H](CCCCN)NC(=O)[C@@H](N)CCCNC(=N)N)C(C)C)C(=O)N[C@@H](CCC(N)=O)C(=O)O. The van der Waals surface area contributed by atoms with Gasteiger partial charge in [-0.2, -0.15) is 0 Å². The predicted molar refractivity (Wildman–Crippen MR) is 506 cm³/mol. The van der Waals surface area contributed by atoms with Gasteiger partial charge in [0.25, 0.3) is 0 Å². The molecular formula is C80H151N37O22. The van der Waals surface area contributed by atoms with Crippen molar-refractivity contribution in [1.82, 2.24) is 106 Å². The van der Waals surface area contributed by atoms with Gasteiger partial charge in [0, 0.05) is 58.5 Å². The van der Waals surface area contributed by atoms with E-state index in [4.69, 9.17) is 95.5 Å². The lowest BCUT2D eigenvalue weighted by molar-refractivity contribution is -0.143. The fourth-order valence-corrected chi connectivity index (χ4v) is 13.2. The summed E-state index contributed by atoms with van der Waals surface area (Å²) in [6.45, 7) is 3.53. The van der Waals surface area contributed by atoms with E-state index in [2.05, 4.69) is 106 Å².